The van der Waals surface area contributed by atoms with E-state index in [1.54, 1.807) is 49.7 Å². The molecule has 12 rings (SSSR count). The van der Waals surface area contributed by atoms with Crippen LogP contribution in [0.4, 0.5) is 0 Å². The molecular weight excluding hydrogens is 1900 g/mol. The van der Waals surface area contributed by atoms with E-state index in [9.17, 15) is 40.9 Å². The predicted octanol–water partition coefficient (Wildman–Crippen LogP) is 25.4. The molecule has 4 fully saturated rings. The molecule has 28 heteroatoms. The number of halogens is 6. The fourth-order valence-electron chi connectivity index (χ4n) is 15.9. The van der Waals surface area contributed by atoms with E-state index in [-0.39, 0.29) is 130 Å². The van der Waals surface area contributed by atoms with E-state index in [1.807, 2.05) is 208 Å². The summed E-state index contributed by atoms with van der Waals surface area (Å²) in [4.78, 5) is 37.5. The van der Waals surface area contributed by atoms with Gasteiger partial charge in [0.05, 0.1) is 48.3 Å². The zero-order chi connectivity index (χ0) is 88.2. The van der Waals surface area contributed by atoms with Crippen LogP contribution in [0.15, 0.2) is 137 Å². The first kappa shape index (κ1) is 118. The summed E-state index contributed by atoms with van der Waals surface area (Å²) in [5.41, 5.74) is 21.9. The molecule has 0 aliphatic heterocycles. The summed E-state index contributed by atoms with van der Waals surface area (Å²) in [6.07, 6.45) is 31.4. The van der Waals surface area contributed by atoms with Crippen molar-refractivity contribution in [2.75, 3.05) is 0 Å². The molecule has 126 heavy (non-hydrogen) atoms. The first-order chi connectivity index (χ1) is 56.8. The number of aromatic hydroxyl groups is 8. The average Bonchev–Trinajstić information content (AvgIpc) is 0.985. The van der Waals surface area contributed by atoms with E-state index in [0.717, 1.165) is 236 Å². The molecule has 4 saturated carbocycles. The molecule has 0 amide bonds. The van der Waals surface area contributed by atoms with Crippen molar-refractivity contribution in [1.29, 1.82) is 0 Å². The number of aliphatic imine (C=N–C) groups is 8. The molecule has 0 unspecified atom stereocenters. The Morgan fingerprint density at radius 3 is 0.405 bits per heavy atom. The van der Waals surface area contributed by atoms with Gasteiger partial charge < -0.3 is 40.9 Å². The van der Waals surface area contributed by atoms with E-state index in [4.69, 9.17) is 104 Å². The Labute approximate surface area is 824 Å². The molecule has 0 aromatic heterocycles. The minimum Gasteiger partial charge on any atom is -0.507 e. The van der Waals surface area contributed by atoms with Gasteiger partial charge in [-0.2, -0.15) is 34.4 Å². The molecule has 692 valence electrons. The number of benzene rings is 8. The Bertz CT molecular complexity index is 4140. The van der Waals surface area contributed by atoms with Crippen molar-refractivity contribution in [3.63, 3.8) is 0 Å². The van der Waals surface area contributed by atoms with E-state index in [1.165, 1.54) is 0 Å². The van der Waals surface area contributed by atoms with Gasteiger partial charge in [0.25, 0.3) is 0 Å². The summed E-state index contributed by atoms with van der Waals surface area (Å²) >= 11 is 12.7. The maximum Gasteiger partial charge on any atom is 0.643 e. The summed E-state index contributed by atoms with van der Waals surface area (Å²) in [5.74, 6) is 2.37. The molecular formula is C98H128AlBCl6Co4N8O8. The molecule has 4 aliphatic carbocycles. The largest absolute Gasteiger partial charge is 0.643 e. The van der Waals surface area contributed by atoms with Crippen LogP contribution in [-0.4, -0.2) is 155 Å². The van der Waals surface area contributed by atoms with E-state index in [0.29, 0.717) is 46.0 Å². The number of hydrogen-bond donors (Lipinski definition) is 8. The maximum atomic E-state index is 10.3. The number of phenols is 8. The van der Waals surface area contributed by atoms with Gasteiger partial charge in [0.1, 0.15) is 46.0 Å². The van der Waals surface area contributed by atoms with Crippen LogP contribution in [0.5, 0.6) is 46.0 Å². The molecule has 0 bridgehead atoms. The fraction of sp³-hybridized carbons (Fsp3) is 0.429. The fourth-order valence-corrected chi connectivity index (χ4v) is 15.9. The summed E-state index contributed by atoms with van der Waals surface area (Å²) < 4.78 is 0. The van der Waals surface area contributed by atoms with Crippen molar-refractivity contribution >= 4 is 131 Å². The van der Waals surface area contributed by atoms with Crippen LogP contribution in [0.3, 0.4) is 0 Å². The second-order valence-corrected chi connectivity index (χ2v) is 41.0. The molecule has 0 spiro atoms. The molecule has 8 atom stereocenters. The normalized spacial score (nSPS) is 18.5. The van der Waals surface area contributed by atoms with Gasteiger partial charge in [-0.05, 0) is 300 Å². The topological polar surface area (TPSA) is 261 Å². The van der Waals surface area contributed by atoms with Gasteiger partial charge in [0, 0.05) is 161 Å². The van der Waals surface area contributed by atoms with Gasteiger partial charge in [0.2, 0.25) is 0 Å². The van der Waals surface area contributed by atoms with Crippen molar-refractivity contribution in [3.05, 3.63) is 231 Å². The zero-order valence-corrected chi connectivity index (χ0v) is 83.6. The molecule has 4 radical (unpaired) electrons. The molecule has 8 aromatic rings. The number of rotatable bonds is 16. The van der Waals surface area contributed by atoms with Crippen LogP contribution < -0.4 is 0 Å². The zero-order valence-electron chi connectivity index (χ0n) is 73.7. The average molecular weight is 2030 g/mol. The van der Waals surface area contributed by atoms with Gasteiger partial charge in [-0.3, -0.25) is 39.9 Å². The second-order valence-electron chi connectivity index (χ2n) is 32.6. The number of nitrogens with zero attached hydrogens (tertiary/aromatic N) is 8. The maximum absolute atomic E-state index is 10.3. The van der Waals surface area contributed by atoms with Gasteiger partial charge in [0.15, 0.2) is 0 Å². The smallest absolute Gasteiger partial charge is 0.507 e. The number of hydrogen-bond acceptors (Lipinski definition) is 16. The summed E-state index contributed by atoms with van der Waals surface area (Å²) in [6.45, 7) is 31.4. The third-order valence-corrected chi connectivity index (χ3v) is 21.8. The predicted molar refractivity (Wildman–Crippen MR) is 526 cm³/mol. The molecule has 0 heterocycles. The molecule has 0 saturated heterocycles. The SMILES string of the molecule is C.C.Cc1cc(C)c(O)c(C=N[C@@H]2CCCC[C@H]2N=Cc2cc(C)cc(C)c2O)c1.Cc1cc(C)c(O)c(C=N[C@@H]2CCCC[C@H]2N=Cc2cc(C)cc(C)c2O)c1.Cc1cc(C)c(O)c(C=N[C@@H]2CCCC[C@H]2N=Cc2cc(C)cc(C)c2O)c1.Cc1cc(C)c(O)c(C=N[C@@H]2CCCC[C@H]2N=Cc2cc(C)cc(C)c2O)c1.ClB(Cl)Cl.[Cl][Al]([Cl])[Cl].[Co].[Co].[Co].[Co]. The summed E-state index contributed by atoms with van der Waals surface area (Å²) in [6, 6.07) is 32.2. The third-order valence-electron chi connectivity index (χ3n) is 21.8. The second kappa shape index (κ2) is 58.6. The van der Waals surface area contributed by atoms with Crippen LogP contribution in [0, 0.1) is 111 Å². The summed E-state index contributed by atoms with van der Waals surface area (Å²) in [7, 11) is 14.8. The molecule has 4 aliphatic rings. The molecule has 8 N–H and O–H groups in total. The van der Waals surface area contributed by atoms with Crippen molar-refractivity contribution in [2.45, 2.75) is 277 Å². The standard InChI is InChI=1S/4C24H30N2O2.2CH4.Al.BCl3.3ClH.4Co/c4*1-15-9-17(3)23(27)19(11-15)13-25-21-7-5-6-8-22(21)26-14-20-12-16(2)10-18(4)24(20)28;;;;2-1(3)4;;;;;;;/h4*9-14,21-22,27-28H,5-8H2,1-4H3;2*1H4;;;3*1H;;;;/q;;;;;;+3;;;;;;;;/p-3/t4*21-,22-;;;;;;;;;;;/m1111.........../s1. The van der Waals surface area contributed by atoms with Crippen molar-refractivity contribution in [1.82, 2.24) is 0 Å². The van der Waals surface area contributed by atoms with Crippen LogP contribution in [-0.2, 0) is 67.1 Å². The third kappa shape index (κ3) is 38.0. The van der Waals surface area contributed by atoms with E-state index < -0.39 is 16.3 Å². The van der Waals surface area contributed by atoms with Gasteiger partial charge >= 0.3 is 16.3 Å². The first-order valence-electron chi connectivity index (χ1n) is 41.4. The Morgan fingerprint density at radius 1 is 0.230 bits per heavy atom. The Balaban J connectivity index is 0.000000802. The van der Waals surface area contributed by atoms with Crippen LogP contribution >= 0.6 is 64.5 Å². The first-order valence-corrected chi connectivity index (χ1v) is 47.9. The van der Waals surface area contributed by atoms with Gasteiger partial charge in [-0.25, -0.2) is 30.1 Å². The van der Waals surface area contributed by atoms with Crippen molar-refractivity contribution < 1.29 is 108 Å². The van der Waals surface area contributed by atoms with Gasteiger partial charge in [-0.15, -0.1) is 0 Å². The monoisotopic (exact) mass is 2030 g/mol. The van der Waals surface area contributed by atoms with Crippen LogP contribution in [0.1, 0.15) is 251 Å². The minimum atomic E-state index is -1.72. The summed E-state index contributed by atoms with van der Waals surface area (Å²) in [5, 5.41) is 82.4. The van der Waals surface area contributed by atoms with E-state index >= 15 is 0 Å². The Kier molecular flexibility index (Phi) is 54.8. The Morgan fingerprint density at radius 2 is 0.317 bits per heavy atom. The number of phenolic OH excluding ortho intramolecular Hbond substituents is 8. The molecule has 8 aromatic carbocycles. The number of aryl methyl sites for hydroxylation is 16. The van der Waals surface area contributed by atoms with Crippen molar-refractivity contribution in [2.24, 2.45) is 39.9 Å². The minimum absolute atomic E-state index is 0. The molecule has 16 nitrogen and oxygen atoms in total. The Hall–Kier alpha value is -6.12. The van der Waals surface area contributed by atoms with Gasteiger partial charge in [-0.1, -0.05) is 115 Å². The quantitative estimate of drug-likeness (QED) is 0.0340. The van der Waals surface area contributed by atoms with Crippen molar-refractivity contribution in [3.8, 4) is 46.0 Å². The van der Waals surface area contributed by atoms with Crippen LogP contribution in [0.2, 0.25) is 0 Å². The van der Waals surface area contributed by atoms with E-state index in [2.05, 4.69) is 0 Å². The van der Waals surface area contributed by atoms with Crippen LogP contribution in [0.25, 0.3) is 0 Å².